The molecule has 0 unspecified atom stereocenters. The summed E-state index contributed by atoms with van der Waals surface area (Å²) in [6, 6.07) is 2.20. The number of aryl methyl sites for hydroxylation is 2. The Labute approximate surface area is 161 Å². The number of aromatic amines is 1. The monoisotopic (exact) mass is 388 g/mol. The minimum Gasteiger partial charge on any atom is -0.465 e. The predicted octanol–water partition coefficient (Wildman–Crippen LogP) is 3.48. The van der Waals surface area contributed by atoms with Gasteiger partial charge in [-0.1, -0.05) is 11.6 Å². The van der Waals surface area contributed by atoms with Crippen LogP contribution in [0.4, 0.5) is 10.5 Å². The zero-order valence-corrected chi connectivity index (χ0v) is 15.9. The summed E-state index contributed by atoms with van der Waals surface area (Å²) >= 11 is 6.43. The molecule has 3 aromatic rings. The van der Waals surface area contributed by atoms with E-state index in [0.29, 0.717) is 18.1 Å². The molecule has 1 aliphatic rings. The van der Waals surface area contributed by atoms with E-state index in [1.807, 2.05) is 26.2 Å². The van der Waals surface area contributed by atoms with Gasteiger partial charge in [-0.15, -0.1) is 0 Å². The molecular formula is C18H21ClN6O2. The second kappa shape index (κ2) is 6.77. The van der Waals surface area contributed by atoms with Crippen LogP contribution in [0, 0.1) is 6.92 Å². The fourth-order valence-corrected chi connectivity index (χ4v) is 3.83. The molecule has 0 spiro atoms. The normalized spacial score (nSPS) is 15.4. The first kappa shape index (κ1) is 17.7. The third-order valence-electron chi connectivity index (χ3n) is 5.03. The highest BCUT2D eigenvalue weighted by atomic mass is 35.5. The van der Waals surface area contributed by atoms with Gasteiger partial charge in [-0.25, -0.2) is 9.78 Å². The average molecular weight is 389 g/mol. The highest BCUT2D eigenvalue weighted by Gasteiger charge is 2.24. The average Bonchev–Trinajstić information content (AvgIpc) is 3.20. The van der Waals surface area contributed by atoms with E-state index in [1.54, 1.807) is 10.9 Å². The number of hydrogen-bond acceptors (Lipinski definition) is 4. The Bertz CT molecular complexity index is 1000. The van der Waals surface area contributed by atoms with E-state index in [4.69, 9.17) is 16.7 Å². The zero-order chi connectivity index (χ0) is 19.1. The molecule has 4 heterocycles. The van der Waals surface area contributed by atoms with E-state index >= 15 is 0 Å². The van der Waals surface area contributed by atoms with Crippen LogP contribution in [-0.2, 0) is 7.05 Å². The maximum Gasteiger partial charge on any atom is 0.407 e. The van der Waals surface area contributed by atoms with Gasteiger partial charge in [-0.3, -0.25) is 4.68 Å². The van der Waals surface area contributed by atoms with Gasteiger partial charge in [-0.2, -0.15) is 5.10 Å². The first-order valence-corrected chi connectivity index (χ1v) is 9.22. The number of anilines is 1. The largest absolute Gasteiger partial charge is 0.465 e. The number of halogens is 1. The predicted molar refractivity (Wildman–Crippen MR) is 104 cm³/mol. The number of nitrogens with zero attached hydrogens (tertiary/aromatic N) is 4. The molecule has 1 fully saturated rings. The van der Waals surface area contributed by atoms with E-state index in [-0.39, 0.29) is 6.04 Å². The summed E-state index contributed by atoms with van der Waals surface area (Å²) in [5.74, 6) is 0. The van der Waals surface area contributed by atoms with E-state index in [0.717, 1.165) is 46.5 Å². The van der Waals surface area contributed by atoms with Crippen molar-refractivity contribution >= 4 is 34.4 Å². The minimum absolute atomic E-state index is 0.169. The lowest BCUT2D eigenvalue weighted by Gasteiger charge is -2.31. The minimum atomic E-state index is -0.861. The van der Waals surface area contributed by atoms with Gasteiger partial charge >= 0.3 is 6.09 Å². The van der Waals surface area contributed by atoms with Crippen molar-refractivity contribution in [3.05, 3.63) is 29.2 Å². The number of pyridine rings is 1. The first-order chi connectivity index (χ1) is 12.9. The molecule has 1 saturated heterocycles. The maximum atomic E-state index is 11.1. The van der Waals surface area contributed by atoms with Gasteiger partial charge < -0.3 is 20.3 Å². The Balaban J connectivity index is 1.64. The Hall–Kier alpha value is -2.74. The van der Waals surface area contributed by atoms with E-state index in [2.05, 4.69) is 20.4 Å². The number of piperidine rings is 1. The molecule has 9 heteroatoms. The van der Waals surface area contributed by atoms with Gasteiger partial charge in [0.2, 0.25) is 0 Å². The molecule has 0 aromatic carbocycles. The molecule has 0 aliphatic carbocycles. The van der Waals surface area contributed by atoms with Gasteiger partial charge in [0.05, 0.1) is 28.3 Å². The molecule has 8 nitrogen and oxygen atoms in total. The van der Waals surface area contributed by atoms with Crippen LogP contribution >= 0.6 is 11.6 Å². The van der Waals surface area contributed by atoms with Crippen LogP contribution in [0.15, 0.2) is 18.5 Å². The summed E-state index contributed by atoms with van der Waals surface area (Å²) in [4.78, 5) is 20.3. The standard InChI is InChI=1S/C18H21ClN6O2/c1-10-13(9-24(2)23-10)15-7-12-16(14(19)8-20-17(12)22-15)21-11-3-5-25(6-4-11)18(26)27/h7-9,11H,3-6H2,1-2H3,(H,26,27)(H2,20,21,22). The number of fused-ring (bicyclic) bond motifs is 1. The number of rotatable bonds is 3. The van der Waals surface area contributed by atoms with Crippen molar-refractivity contribution < 1.29 is 9.90 Å². The van der Waals surface area contributed by atoms with Gasteiger partial charge in [0.25, 0.3) is 0 Å². The van der Waals surface area contributed by atoms with E-state index < -0.39 is 6.09 Å². The van der Waals surface area contributed by atoms with Crippen molar-refractivity contribution in [1.82, 2.24) is 24.6 Å². The Morgan fingerprint density at radius 3 is 2.78 bits per heavy atom. The summed E-state index contributed by atoms with van der Waals surface area (Å²) in [5, 5.41) is 18.5. The fraction of sp³-hybridized carbons (Fsp3) is 0.389. The molecule has 27 heavy (non-hydrogen) atoms. The van der Waals surface area contributed by atoms with Crippen LogP contribution < -0.4 is 5.32 Å². The van der Waals surface area contributed by atoms with E-state index in [9.17, 15) is 4.79 Å². The highest BCUT2D eigenvalue weighted by molar-refractivity contribution is 6.34. The van der Waals surface area contributed by atoms with Crippen molar-refractivity contribution in [2.24, 2.45) is 7.05 Å². The number of aromatic nitrogens is 4. The molecule has 142 valence electrons. The lowest BCUT2D eigenvalue weighted by molar-refractivity contribution is 0.134. The number of likely N-dealkylation sites (tertiary alicyclic amines) is 1. The van der Waals surface area contributed by atoms with Gasteiger partial charge in [0.1, 0.15) is 5.65 Å². The molecule has 0 radical (unpaired) electrons. The second-order valence-electron chi connectivity index (χ2n) is 6.92. The van der Waals surface area contributed by atoms with Crippen LogP contribution in [0.2, 0.25) is 5.02 Å². The number of carboxylic acid groups (broad SMARTS) is 1. The summed E-state index contributed by atoms with van der Waals surface area (Å²) in [6.45, 7) is 3.01. The van der Waals surface area contributed by atoms with Crippen molar-refractivity contribution in [2.75, 3.05) is 18.4 Å². The Kier molecular flexibility index (Phi) is 4.43. The molecule has 1 amide bonds. The van der Waals surface area contributed by atoms with Crippen molar-refractivity contribution in [3.63, 3.8) is 0 Å². The lowest BCUT2D eigenvalue weighted by atomic mass is 10.0. The smallest absolute Gasteiger partial charge is 0.407 e. The van der Waals surface area contributed by atoms with Crippen LogP contribution in [-0.4, -0.2) is 55.0 Å². The summed E-state index contributed by atoms with van der Waals surface area (Å²) in [7, 11) is 1.89. The quantitative estimate of drug-likeness (QED) is 0.638. The molecule has 0 saturated carbocycles. The summed E-state index contributed by atoms with van der Waals surface area (Å²) < 4.78 is 1.78. The van der Waals surface area contributed by atoms with Gasteiger partial charge in [0.15, 0.2) is 0 Å². The Morgan fingerprint density at radius 2 is 2.15 bits per heavy atom. The first-order valence-electron chi connectivity index (χ1n) is 8.84. The second-order valence-corrected chi connectivity index (χ2v) is 7.32. The fourth-order valence-electron chi connectivity index (χ4n) is 3.63. The lowest BCUT2D eigenvalue weighted by Crippen LogP contribution is -2.41. The van der Waals surface area contributed by atoms with Crippen molar-refractivity contribution in [3.8, 4) is 11.3 Å². The van der Waals surface area contributed by atoms with Gasteiger partial charge in [0, 0.05) is 43.3 Å². The third-order valence-corrected chi connectivity index (χ3v) is 5.32. The molecule has 0 bridgehead atoms. The van der Waals surface area contributed by atoms with Gasteiger partial charge in [-0.05, 0) is 25.8 Å². The molecule has 3 aromatic heterocycles. The molecule has 3 N–H and O–H groups in total. The summed E-state index contributed by atoms with van der Waals surface area (Å²) in [6.07, 6.45) is 4.22. The number of H-pyrrole nitrogens is 1. The molecule has 0 atom stereocenters. The Morgan fingerprint density at radius 1 is 1.41 bits per heavy atom. The zero-order valence-electron chi connectivity index (χ0n) is 15.2. The highest BCUT2D eigenvalue weighted by Crippen LogP contribution is 2.34. The van der Waals surface area contributed by atoms with Crippen LogP contribution in [0.5, 0.6) is 0 Å². The number of carbonyl (C=O) groups is 1. The molecular weight excluding hydrogens is 368 g/mol. The van der Waals surface area contributed by atoms with E-state index in [1.165, 1.54) is 4.90 Å². The number of amides is 1. The van der Waals surface area contributed by atoms with Crippen LogP contribution in [0.1, 0.15) is 18.5 Å². The van der Waals surface area contributed by atoms with Crippen LogP contribution in [0.3, 0.4) is 0 Å². The number of nitrogens with one attached hydrogen (secondary N) is 2. The SMILES string of the molecule is Cc1nn(C)cc1-c1cc2c(NC3CCN(C(=O)O)CC3)c(Cl)cnc2[nH]1. The van der Waals surface area contributed by atoms with Crippen molar-refractivity contribution in [2.45, 2.75) is 25.8 Å². The topological polar surface area (TPSA) is 99.1 Å². The third kappa shape index (κ3) is 3.32. The molecule has 4 rings (SSSR count). The van der Waals surface area contributed by atoms with Crippen LogP contribution in [0.25, 0.3) is 22.3 Å². The van der Waals surface area contributed by atoms with Crippen molar-refractivity contribution in [1.29, 1.82) is 0 Å². The molecule has 1 aliphatic heterocycles. The number of hydrogen-bond donors (Lipinski definition) is 3. The summed E-state index contributed by atoms with van der Waals surface area (Å²) in [5.41, 5.74) is 4.48. The maximum absolute atomic E-state index is 11.1.